The Bertz CT molecular complexity index is 1260. The van der Waals surface area contributed by atoms with Gasteiger partial charge in [0, 0.05) is 0 Å². The summed E-state index contributed by atoms with van der Waals surface area (Å²) in [5.41, 5.74) is 2.00. The first-order valence-electron chi connectivity index (χ1n) is 9.66. The Hall–Kier alpha value is -3.23. The summed E-state index contributed by atoms with van der Waals surface area (Å²) in [5, 5.41) is 10.1. The minimum Gasteiger partial charge on any atom is -0.452 e. The number of hydrogen-bond acceptors (Lipinski definition) is 5. The summed E-state index contributed by atoms with van der Waals surface area (Å²) in [6.45, 7) is 4.63. The van der Waals surface area contributed by atoms with Gasteiger partial charge < -0.3 is 10.1 Å². The predicted octanol–water partition coefficient (Wildman–Crippen LogP) is 3.14. The number of rotatable bonds is 6. The van der Waals surface area contributed by atoms with E-state index < -0.39 is 28.5 Å². The molecule has 0 saturated heterocycles. The van der Waals surface area contributed by atoms with Gasteiger partial charge in [0.25, 0.3) is 5.91 Å². The van der Waals surface area contributed by atoms with Gasteiger partial charge in [0.1, 0.15) is 0 Å². The summed E-state index contributed by atoms with van der Waals surface area (Å²) in [7, 11) is -3.99. The average Bonchev–Trinajstić information content (AvgIpc) is 2.72. The van der Waals surface area contributed by atoms with E-state index in [1.54, 1.807) is 13.8 Å². The smallest absolute Gasteiger partial charge is 0.338 e. The lowest BCUT2D eigenvalue weighted by Gasteiger charge is -2.17. The highest BCUT2D eigenvalue weighted by Crippen LogP contribution is 2.24. The molecule has 7 nitrogen and oxygen atoms in total. The Labute approximate surface area is 181 Å². The number of benzene rings is 3. The quantitative estimate of drug-likeness (QED) is 0.572. The summed E-state index contributed by atoms with van der Waals surface area (Å²) >= 11 is 0. The number of hydrogen-bond donors (Lipinski definition) is 2. The van der Waals surface area contributed by atoms with Crippen LogP contribution < -0.4 is 10.5 Å². The van der Waals surface area contributed by atoms with Crippen molar-refractivity contribution < 1.29 is 22.7 Å². The third-order valence-electron chi connectivity index (χ3n) is 5.16. The van der Waals surface area contributed by atoms with Gasteiger partial charge in [-0.3, -0.25) is 4.79 Å². The van der Waals surface area contributed by atoms with Crippen molar-refractivity contribution >= 4 is 32.7 Å². The molecule has 0 bridgehead atoms. The Kier molecular flexibility index (Phi) is 6.42. The molecule has 0 aromatic heterocycles. The highest BCUT2D eigenvalue weighted by molar-refractivity contribution is 7.89. The fourth-order valence-electron chi connectivity index (χ4n) is 3.44. The number of nitrogens with one attached hydrogen (secondary N) is 1. The van der Waals surface area contributed by atoms with Gasteiger partial charge in [-0.2, -0.15) is 0 Å². The molecule has 0 radical (unpaired) electrons. The van der Waals surface area contributed by atoms with E-state index in [9.17, 15) is 18.0 Å². The molecule has 162 valence electrons. The fraction of sp³-hybridized carbons (Fsp3) is 0.217. The van der Waals surface area contributed by atoms with Crippen molar-refractivity contribution in [2.45, 2.75) is 31.7 Å². The normalized spacial score (nSPS) is 12.4. The molecule has 1 unspecified atom stereocenters. The van der Waals surface area contributed by atoms with Crippen LogP contribution in [0, 0.1) is 13.8 Å². The van der Waals surface area contributed by atoms with Crippen molar-refractivity contribution in [1.29, 1.82) is 0 Å². The highest BCUT2D eigenvalue weighted by atomic mass is 32.2. The minimum atomic E-state index is -3.99. The molecule has 0 aliphatic heterocycles. The van der Waals surface area contributed by atoms with Gasteiger partial charge in [-0.15, -0.1) is 0 Å². The summed E-state index contributed by atoms with van der Waals surface area (Å²) in [5.74, 6) is -1.27. The second-order valence-electron chi connectivity index (χ2n) is 7.39. The maximum atomic E-state index is 12.4. The molecule has 0 saturated carbocycles. The fourth-order valence-corrected chi connectivity index (χ4v) is 4.32. The Morgan fingerprint density at radius 1 is 1.06 bits per heavy atom. The zero-order chi connectivity index (χ0) is 22.8. The Morgan fingerprint density at radius 3 is 2.45 bits per heavy atom. The van der Waals surface area contributed by atoms with Crippen LogP contribution >= 0.6 is 0 Å². The first-order chi connectivity index (χ1) is 14.6. The molecule has 0 aliphatic rings. The maximum Gasteiger partial charge on any atom is 0.338 e. The highest BCUT2D eigenvalue weighted by Gasteiger charge is 2.19. The van der Waals surface area contributed by atoms with Gasteiger partial charge in [-0.25, -0.2) is 18.4 Å². The number of nitrogens with two attached hydrogens (primary N) is 1. The van der Waals surface area contributed by atoms with Crippen LogP contribution in [0.5, 0.6) is 0 Å². The minimum absolute atomic E-state index is 0.0158. The van der Waals surface area contributed by atoms with Crippen molar-refractivity contribution in [3.05, 3.63) is 76.9 Å². The molecular weight excluding hydrogens is 416 g/mol. The number of carbonyl (C=O) groups excluding carboxylic acids is 2. The predicted molar refractivity (Wildman–Crippen MR) is 118 cm³/mol. The monoisotopic (exact) mass is 440 g/mol. The molecule has 3 N–H and O–H groups in total. The van der Waals surface area contributed by atoms with E-state index in [4.69, 9.17) is 9.88 Å². The molecule has 0 fully saturated rings. The zero-order valence-electron chi connectivity index (χ0n) is 17.5. The molecule has 1 atom stereocenters. The Morgan fingerprint density at radius 2 is 1.74 bits per heavy atom. The number of fused-ring (bicyclic) bond motifs is 1. The second kappa shape index (κ2) is 8.87. The number of primary sulfonamides is 1. The lowest BCUT2D eigenvalue weighted by Crippen LogP contribution is -2.31. The standard InChI is InChI=1S/C23H24N2O5S/c1-14-11-18(12-21(15(14)2)31(24,28)29)23(27)30-13-22(26)25-16(3)19-10-6-8-17-7-4-5-9-20(17)19/h4-12,16H,13H2,1-3H3,(H,25,26)(H2,24,28,29). The van der Waals surface area contributed by atoms with Crippen LogP contribution in [-0.4, -0.2) is 26.9 Å². The summed E-state index contributed by atoms with van der Waals surface area (Å²) in [4.78, 5) is 24.6. The average molecular weight is 441 g/mol. The molecule has 8 heteroatoms. The second-order valence-corrected chi connectivity index (χ2v) is 8.92. The Balaban J connectivity index is 1.68. The van der Waals surface area contributed by atoms with Gasteiger partial charge in [-0.1, -0.05) is 42.5 Å². The van der Waals surface area contributed by atoms with Crippen molar-refractivity contribution in [1.82, 2.24) is 5.32 Å². The van der Waals surface area contributed by atoms with E-state index in [-0.39, 0.29) is 16.5 Å². The van der Waals surface area contributed by atoms with Crippen LogP contribution in [0.1, 0.15) is 40.0 Å². The van der Waals surface area contributed by atoms with Crippen LogP contribution in [0.15, 0.2) is 59.5 Å². The van der Waals surface area contributed by atoms with Gasteiger partial charge >= 0.3 is 5.97 Å². The largest absolute Gasteiger partial charge is 0.452 e. The molecule has 3 aromatic carbocycles. The molecule has 1 amide bonds. The SMILES string of the molecule is Cc1cc(C(=O)OCC(=O)NC(C)c2cccc3ccccc23)cc(S(N)(=O)=O)c1C. The molecule has 0 heterocycles. The van der Waals surface area contributed by atoms with E-state index in [2.05, 4.69) is 5.32 Å². The molecule has 0 aliphatic carbocycles. The van der Waals surface area contributed by atoms with Crippen molar-refractivity contribution in [3.8, 4) is 0 Å². The van der Waals surface area contributed by atoms with E-state index in [0.29, 0.717) is 11.1 Å². The lowest BCUT2D eigenvalue weighted by atomic mass is 10.00. The van der Waals surface area contributed by atoms with Gasteiger partial charge in [0.05, 0.1) is 16.5 Å². The van der Waals surface area contributed by atoms with E-state index in [1.807, 2.05) is 49.4 Å². The molecule has 31 heavy (non-hydrogen) atoms. The van der Waals surface area contributed by atoms with E-state index in [1.165, 1.54) is 6.07 Å². The topological polar surface area (TPSA) is 116 Å². The molecule has 3 rings (SSSR count). The first-order valence-corrected chi connectivity index (χ1v) is 11.2. The lowest BCUT2D eigenvalue weighted by molar-refractivity contribution is -0.124. The summed E-state index contributed by atoms with van der Waals surface area (Å²) < 4.78 is 28.6. The zero-order valence-corrected chi connectivity index (χ0v) is 18.3. The van der Waals surface area contributed by atoms with Crippen molar-refractivity contribution in [2.24, 2.45) is 5.14 Å². The van der Waals surface area contributed by atoms with Crippen molar-refractivity contribution in [3.63, 3.8) is 0 Å². The number of sulfonamides is 1. The number of aryl methyl sites for hydroxylation is 1. The van der Waals surface area contributed by atoms with Crippen LogP contribution in [0.4, 0.5) is 0 Å². The van der Waals surface area contributed by atoms with Gasteiger partial charge in [0.15, 0.2) is 6.61 Å². The number of carbonyl (C=O) groups is 2. The molecule has 0 spiro atoms. The number of amides is 1. The van der Waals surface area contributed by atoms with Crippen molar-refractivity contribution in [2.75, 3.05) is 6.61 Å². The van der Waals surface area contributed by atoms with Crippen LogP contribution in [0.3, 0.4) is 0 Å². The number of esters is 1. The van der Waals surface area contributed by atoms with Gasteiger partial charge in [0.2, 0.25) is 10.0 Å². The first kappa shape index (κ1) is 22.5. The van der Waals surface area contributed by atoms with Crippen LogP contribution in [0.2, 0.25) is 0 Å². The third kappa shape index (κ3) is 5.10. The van der Waals surface area contributed by atoms with Crippen LogP contribution in [-0.2, 0) is 19.6 Å². The number of ether oxygens (including phenoxy) is 1. The maximum absolute atomic E-state index is 12.4. The third-order valence-corrected chi connectivity index (χ3v) is 6.20. The van der Waals surface area contributed by atoms with E-state index in [0.717, 1.165) is 22.4 Å². The van der Waals surface area contributed by atoms with Gasteiger partial charge in [-0.05, 0) is 60.4 Å². The molecular formula is C23H24N2O5S. The molecule has 3 aromatic rings. The summed E-state index contributed by atoms with van der Waals surface area (Å²) in [6.07, 6.45) is 0. The van der Waals surface area contributed by atoms with E-state index >= 15 is 0 Å². The summed E-state index contributed by atoms with van der Waals surface area (Å²) in [6, 6.07) is 16.1. The van der Waals surface area contributed by atoms with Crippen LogP contribution in [0.25, 0.3) is 10.8 Å².